The molecule has 0 fully saturated rings. The average Bonchev–Trinajstić information content (AvgIpc) is 2.28. The number of nitrogens with one attached hydrogen (secondary N) is 1. The van der Waals surface area contributed by atoms with E-state index < -0.39 is 5.60 Å². The van der Waals surface area contributed by atoms with Gasteiger partial charge in [0.2, 0.25) is 0 Å². The molecule has 0 aliphatic carbocycles. The molecule has 1 aromatic rings. The van der Waals surface area contributed by atoms with Gasteiger partial charge in [0.15, 0.2) is 0 Å². The number of hydrogen-bond donors (Lipinski definition) is 2. The van der Waals surface area contributed by atoms with Crippen molar-refractivity contribution < 1.29 is 9.84 Å². The maximum Gasteiger partial charge on any atom is 0.104 e. The molecule has 2 atom stereocenters. The Bertz CT molecular complexity index is 363. The second-order valence-electron chi connectivity index (χ2n) is 4.63. The van der Waals surface area contributed by atoms with Crippen molar-refractivity contribution in [3.8, 4) is 0 Å². The van der Waals surface area contributed by atoms with Crippen LogP contribution in [-0.4, -0.2) is 31.0 Å². The summed E-state index contributed by atoms with van der Waals surface area (Å²) in [4.78, 5) is 0. The van der Waals surface area contributed by atoms with Gasteiger partial charge in [-0.2, -0.15) is 0 Å². The van der Waals surface area contributed by atoms with Crippen LogP contribution in [0.5, 0.6) is 0 Å². The van der Waals surface area contributed by atoms with Crippen molar-refractivity contribution in [1.82, 2.24) is 5.32 Å². The van der Waals surface area contributed by atoms with Gasteiger partial charge in [-0.05, 0) is 31.0 Å². The Balaban J connectivity index is 2.31. The molecule has 3 heteroatoms. The fourth-order valence-corrected chi connectivity index (χ4v) is 2.44. The van der Waals surface area contributed by atoms with Crippen LogP contribution in [0.25, 0.3) is 0 Å². The summed E-state index contributed by atoms with van der Waals surface area (Å²) in [5.74, 6) is 0. The fourth-order valence-electron chi connectivity index (χ4n) is 2.44. The van der Waals surface area contributed by atoms with Gasteiger partial charge in [0.25, 0.3) is 0 Å². The molecular formula is C13H19NO2. The first kappa shape index (κ1) is 11.6. The Hall–Kier alpha value is -0.900. The van der Waals surface area contributed by atoms with E-state index in [2.05, 4.69) is 17.4 Å². The van der Waals surface area contributed by atoms with Gasteiger partial charge >= 0.3 is 0 Å². The Morgan fingerprint density at radius 2 is 2.25 bits per heavy atom. The monoisotopic (exact) mass is 221 g/mol. The minimum atomic E-state index is -0.870. The van der Waals surface area contributed by atoms with Crippen LogP contribution in [0.2, 0.25) is 0 Å². The van der Waals surface area contributed by atoms with E-state index in [4.69, 9.17) is 4.74 Å². The van der Waals surface area contributed by atoms with Crippen molar-refractivity contribution in [2.24, 2.45) is 0 Å². The summed E-state index contributed by atoms with van der Waals surface area (Å²) in [5, 5.41) is 13.8. The zero-order valence-corrected chi connectivity index (χ0v) is 9.86. The minimum absolute atomic E-state index is 0.0441. The lowest BCUT2D eigenvalue weighted by Crippen LogP contribution is -2.47. The van der Waals surface area contributed by atoms with Crippen LogP contribution in [-0.2, 0) is 11.2 Å². The predicted octanol–water partition coefficient (Wildman–Crippen LogP) is 1.27. The molecule has 16 heavy (non-hydrogen) atoms. The predicted molar refractivity (Wildman–Crippen MR) is 63.4 cm³/mol. The Kier molecular flexibility index (Phi) is 3.28. The van der Waals surface area contributed by atoms with Crippen molar-refractivity contribution in [2.45, 2.75) is 25.0 Å². The molecule has 88 valence electrons. The first-order valence-electron chi connectivity index (χ1n) is 5.67. The molecule has 0 spiro atoms. The van der Waals surface area contributed by atoms with Gasteiger partial charge in [-0.15, -0.1) is 0 Å². The molecule has 0 saturated carbocycles. The summed E-state index contributed by atoms with van der Waals surface area (Å²) < 4.78 is 5.08. The lowest BCUT2D eigenvalue weighted by Gasteiger charge is -2.37. The number of aliphatic hydroxyl groups is 1. The molecule has 2 rings (SSSR count). The van der Waals surface area contributed by atoms with Crippen LogP contribution < -0.4 is 5.32 Å². The highest BCUT2D eigenvalue weighted by molar-refractivity contribution is 5.34. The van der Waals surface area contributed by atoms with E-state index in [9.17, 15) is 5.11 Å². The molecular weight excluding hydrogens is 202 g/mol. The lowest BCUT2D eigenvalue weighted by atomic mass is 9.84. The highest BCUT2D eigenvalue weighted by Gasteiger charge is 2.35. The first-order valence-corrected chi connectivity index (χ1v) is 5.67. The average molecular weight is 221 g/mol. The quantitative estimate of drug-likeness (QED) is 0.807. The van der Waals surface area contributed by atoms with Crippen molar-refractivity contribution in [1.29, 1.82) is 0 Å². The van der Waals surface area contributed by atoms with Crippen LogP contribution in [0.1, 0.15) is 24.1 Å². The SMILES string of the molecule is COCC(C)(O)C1NCCc2ccccc21. The summed E-state index contributed by atoms with van der Waals surface area (Å²) in [6, 6.07) is 8.23. The van der Waals surface area contributed by atoms with Gasteiger partial charge < -0.3 is 15.2 Å². The van der Waals surface area contributed by atoms with Gasteiger partial charge in [-0.3, -0.25) is 0 Å². The molecule has 1 heterocycles. The van der Waals surface area contributed by atoms with Crippen molar-refractivity contribution in [2.75, 3.05) is 20.3 Å². The maximum atomic E-state index is 10.4. The normalized spacial score (nSPS) is 23.6. The Labute approximate surface area is 96.4 Å². The molecule has 2 N–H and O–H groups in total. The number of rotatable bonds is 3. The minimum Gasteiger partial charge on any atom is -0.386 e. The Morgan fingerprint density at radius 1 is 1.50 bits per heavy atom. The largest absolute Gasteiger partial charge is 0.386 e. The molecule has 2 unspecified atom stereocenters. The number of hydrogen-bond acceptors (Lipinski definition) is 3. The molecule has 1 aliphatic rings. The number of benzene rings is 1. The first-order chi connectivity index (χ1) is 7.65. The summed E-state index contributed by atoms with van der Waals surface area (Å²) in [6.45, 7) is 3.05. The molecule has 0 aromatic heterocycles. The highest BCUT2D eigenvalue weighted by atomic mass is 16.5. The molecule has 0 bridgehead atoms. The maximum absolute atomic E-state index is 10.4. The molecule has 0 amide bonds. The second-order valence-corrected chi connectivity index (χ2v) is 4.63. The van der Waals surface area contributed by atoms with E-state index in [1.54, 1.807) is 7.11 Å². The second kappa shape index (κ2) is 4.53. The van der Waals surface area contributed by atoms with Crippen molar-refractivity contribution >= 4 is 0 Å². The zero-order valence-electron chi connectivity index (χ0n) is 9.86. The van der Waals surface area contributed by atoms with E-state index in [0.717, 1.165) is 13.0 Å². The van der Waals surface area contributed by atoms with Gasteiger partial charge in [0.05, 0.1) is 12.6 Å². The van der Waals surface area contributed by atoms with E-state index in [1.807, 2.05) is 19.1 Å². The Morgan fingerprint density at radius 3 is 3.00 bits per heavy atom. The van der Waals surface area contributed by atoms with Crippen LogP contribution in [0.4, 0.5) is 0 Å². The standard InChI is InChI=1S/C13H19NO2/c1-13(15,9-16-2)12-11-6-4-3-5-10(11)7-8-14-12/h3-6,12,14-15H,7-9H2,1-2H3. The third-order valence-corrected chi connectivity index (χ3v) is 3.17. The molecule has 0 radical (unpaired) electrons. The third kappa shape index (κ3) is 2.12. The van der Waals surface area contributed by atoms with Gasteiger partial charge in [-0.25, -0.2) is 0 Å². The fraction of sp³-hybridized carbons (Fsp3) is 0.538. The molecule has 0 saturated heterocycles. The van der Waals surface area contributed by atoms with Gasteiger partial charge in [-0.1, -0.05) is 24.3 Å². The van der Waals surface area contributed by atoms with Crippen LogP contribution in [0, 0.1) is 0 Å². The lowest BCUT2D eigenvalue weighted by molar-refractivity contribution is -0.0464. The summed E-state index contributed by atoms with van der Waals surface area (Å²) in [7, 11) is 1.61. The number of ether oxygens (including phenoxy) is 1. The van der Waals surface area contributed by atoms with Crippen molar-refractivity contribution in [3.05, 3.63) is 35.4 Å². The van der Waals surface area contributed by atoms with E-state index in [0.29, 0.717) is 6.61 Å². The van der Waals surface area contributed by atoms with Crippen LogP contribution in [0.3, 0.4) is 0 Å². The van der Waals surface area contributed by atoms with E-state index in [-0.39, 0.29) is 6.04 Å². The van der Waals surface area contributed by atoms with Crippen LogP contribution in [0.15, 0.2) is 24.3 Å². The van der Waals surface area contributed by atoms with Crippen LogP contribution >= 0.6 is 0 Å². The highest BCUT2D eigenvalue weighted by Crippen LogP contribution is 2.31. The summed E-state index contributed by atoms with van der Waals surface area (Å²) in [6.07, 6.45) is 1.02. The van der Waals surface area contributed by atoms with Gasteiger partial charge in [0, 0.05) is 7.11 Å². The van der Waals surface area contributed by atoms with Crippen molar-refractivity contribution in [3.63, 3.8) is 0 Å². The third-order valence-electron chi connectivity index (χ3n) is 3.17. The molecule has 3 nitrogen and oxygen atoms in total. The topological polar surface area (TPSA) is 41.5 Å². The van der Waals surface area contributed by atoms with E-state index in [1.165, 1.54) is 11.1 Å². The smallest absolute Gasteiger partial charge is 0.104 e. The van der Waals surface area contributed by atoms with E-state index >= 15 is 0 Å². The summed E-state index contributed by atoms with van der Waals surface area (Å²) in [5.41, 5.74) is 1.64. The molecule has 1 aliphatic heterocycles. The number of methoxy groups -OCH3 is 1. The van der Waals surface area contributed by atoms with Gasteiger partial charge in [0.1, 0.15) is 5.60 Å². The zero-order chi connectivity index (χ0) is 11.6. The summed E-state index contributed by atoms with van der Waals surface area (Å²) >= 11 is 0. The molecule has 1 aromatic carbocycles. The number of fused-ring (bicyclic) bond motifs is 1.